The first kappa shape index (κ1) is 15.5. The summed E-state index contributed by atoms with van der Waals surface area (Å²) in [6.45, 7) is 8.44. The zero-order chi connectivity index (χ0) is 14.8. The Labute approximate surface area is 129 Å². The van der Waals surface area contributed by atoms with Crippen LogP contribution in [0.15, 0.2) is 22.8 Å². The van der Waals surface area contributed by atoms with E-state index in [9.17, 15) is 0 Å². The van der Waals surface area contributed by atoms with Crippen LogP contribution >= 0.6 is 15.9 Å². The maximum absolute atomic E-state index is 5.79. The summed E-state index contributed by atoms with van der Waals surface area (Å²) in [5.41, 5.74) is 1.95. The third-order valence-electron chi connectivity index (χ3n) is 3.09. The van der Waals surface area contributed by atoms with E-state index in [4.69, 9.17) is 9.47 Å². The van der Waals surface area contributed by atoms with Crippen molar-refractivity contribution in [2.24, 2.45) is 0 Å². The number of pyridine rings is 1. The van der Waals surface area contributed by atoms with Crippen LogP contribution in [-0.2, 0) is 11.5 Å². The Bertz CT molecular complexity index is 593. The highest BCUT2D eigenvalue weighted by Gasteiger charge is 2.13. The van der Waals surface area contributed by atoms with Gasteiger partial charge in [-0.1, -0.05) is 19.6 Å². The van der Waals surface area contributed by atoms with E-state index in [1.54, 1.807) is 7.11 Å². The first-order valence-corrected chi connectivity index (χ1v) is 11.2. The van der Waals surface area contributed by atoms with Crippen LogP contribution in [0.4, 0.5) is 0 Å². The molecule has 6 heteroatoms. The molecule has 0 amide bonds. The largest absolute Gasteiger partial charge is 0.481 e. The predicted octanol–water partition coefficient (Wildman–Crippen LogP) is 4.12. The number of rotatable bonds is 6. The van der Waals surface area contributed by atoms with E-state index >= 15 is 0 Å². The number of halogens is 1. The molecule has 20 heavy (non-hydrogen) atoms. The molecule has 0 aliphatic rings. The fourth-order valence-corrected chi connectivity index (χ4v) is 3.17. The standard InChI is InChI=1S/C14H21BrN2O2Si/c1-18-13-6-5-12-14(16-13)11(15)9-17(12)10-19-7-8-20(2,3)4/h5-6,9H,7-8,10H2,1-4H3. The molecular formula is C14H21BrN2O2Si. The Morgan fingerprint density at radius 1 is 1.30 bits per heavy atom. The van der Waals surface area contributed by atoms with Crippen LogP contribution in [0, 0.1) is 0 Å². The summed E-state index contributed by atoms with van der Waals surface area (Å²) >= 11 is 3.53. The maximum Gasteiger partial charge on any atom is 0.213 e. The van der Waals surface area contributed by atoms with Gasteiger partial charge in [-0.3, -0.25) is 0 Å². The average Bonchev–Trinajstić information content (AvgIpc) is 2.70. The van der Waals surface area contributed by atoms with Gasteiger partial charge < -0.3 is 14.0 Å². The number of aromatic nitrogens is 2. The monoisotopic (exact) mass is 356 g/mol. The Morgan fingerprint density at radius 2 is 2.05 bits per heavy atom. The Morgan fingerprint density at radius 3 is 2.70 bits per heavy atom. The highest BCUT2D eigenvalue weighted by atomic mass is 79.9. The normalized spacial score (nSPS) is 12.1. The van der Waals surface area contributed by atoms with Gasteiger partial charge in [-0.25, -0.2) is 4.98 Å². The average molecular weight is 357 g/mol. The molecule has 0 saturated carbocycles. The molecule has 0 spiro atoms. The summed E-state index contributed by atoms with van der Waals surface area (Å²) in [5.74, 6) is 0.621. The maximum atomic E-state index is 5.79. The van der Waals surface area contributed by atoms with Gasteiger partial charge in [0.1, 0.15) is 12.2 Å². The van der Waals surface area contributed by atoms with Gasteiger partial charge in [-0.15, -0.1) is 0 Å². The molecule has 110 valence electrons. The van der Waals surface area contributed by atoms with Crippen LogP contribution < -0.4 is 4.74 Å². The number of fused-ring (bicyclic) bond motifs is 1. The fourth-order valence-electron chi connectivity index (χ4n) is 1.87. The van der Waals surface area contributed by atoms with Crippen LogP contribution in [-0.4, -0.2) is 31.3 Å². The molecule has 0 bridgehead atoms. The molecular weight excluding hydrogens is 336 g/mol. The molecule has 0 unspecified atom stereocenters. The van der Waals surface area contributed by atoms with Crippen molar-refractivity contribution in [3.05, 3.63) is 22.8 Å². The van der Waals surface area contributed by atoms with E-state index in [1.165, 1.54) is 6.04 Å². The van der Waals surface area contributed by atoms with Crippen molar-refractivity contribution >= 4 is 35.0 Å². The van der Waals surface area contributed by atoms with Crippen molar-refractivity contribution in [1.82, 2.24) is 9.55 Å². The number of hydrogen-bond donors (Lipinski definition) is 0. The Balaban J connectivity index is 2.07. The van der Waals surface area contributed by atoms with Gasteiger partial charge in [0.15, 0.2) is 0 Å². The van der Waals surface area contributed by atoms with E-state index in [0.717, 1.165) is 22.1 Å². The highest BCUT2D eigenvalue weighted by molar-refractivity contribution is 9.10. The second-order valence-electron chi connectivity index (χ2n) is 6.02. The van der Waals surface area contributed by atoms with E-state index in [2.05, 4.69) is 45.1 Å². The summed E-state index contributed by atoms with van der Waals surface area (Å²) in [5, 5.41) is 0. The molecule has 0 radical (unpaired) electrons. The minimum Gasteiger partial charge on any atom is -0.481 e. The lowest BCUT2D eigenvalue weighted by molar-refractivity contribution is 0.0902. The molecule has 0 aliphatic heterocycles. The topological polar surface area (TPSA) is 36.3 Å². The first-order valence-electron chi connectivity index (χ1n) is 6.68. The number of ether oxygens (including phenoxy) is 2. The molecule has 2 aromatic rings. The van der Waals surface area contributed by atoms with Gasteiger partial charge in [-0.05, 0) is 28.0 Å². The molecule has 0 saturated heterocycles. The second kappa shape index (κ2) is 6.28. The molecule has 2 rings (SSSR count). The van der Waals surface area contributed by atoms with Gasteiger partial charge in [0.05, 0.1) is 17.1 Å². The molecule has 0 aliphatic carbocycles. The molecule has 0 N–H and O–H groups in total. The minimum absolute atomic E-state index is 0.556. The lowest BCUT2D eigenvalue weighted by Gasteiger charge is -2.15. The second-order valence-corrected chi connectivity index (χ2v) is 12.5. The number of hydrogen-bond acceptors (Lipinski definition) is 3. The van der Waals surface area contributed by atoms with Crippen LogP contribution in [0.25, 0.3) is 11.0 Å². The summed E-state index contributed by atoms with van der Waals surface area (Å²) in [6.07, 6.45) is 2.01. The van der Waals surface area contributed by atoms with Crippen molar-refractivity contribution < 1.29 is 9.47 Å². The molecule has 0 atom stereocenters. The zero-order valence-corrected chi connectivity index (χ0v) is 15.0. The molecule has 0 fully saturated rings. The van der Waals surface area contributed by atoms with E-state index in [0.29, 0.717) is 12.6 Å². The van der Waals surface area contributed by atoms with Crippen molar-refractivity contribution in [3.8, 4) is 5.88 Å². The minimum atomic E-state index is -1.03. The summed E-state index contributed by atoms with van der Waals surface area (Å²) < 4.78 is 14.0. The zero-order valence-electron chi connectivity index (χ0n) is 12.4. The van der Waals surface area contributed by atoms with Crippen molar-refractivity contribution in [1.29, 1.82) is 0 Å². The Kier molecular flexibility index (Phi) is 4.88. The van der Waals surface area contributed by atoms with Crippen LogP contribution in [0.2, 0.25) is 25.7 Å². The van der Waals surface area contributed by atoms with Gasteiger partial charge in [0, 0.05) is 26.9 Å². The van der Waals surface area contributed by atoms with Crippen LogP contribution in [0.1, 0.15) is 0 Å². The molecule has 2 heterocycles. The molecule has 4 nitrogen and oxygen atoms in total. The van der Waals surface area contributed by atoms with Crippen LogP contribution in [0.5, 0.6) is 5.88 Å². The smallest absolute Gasteiger partial charge is 0.213 e. The van der Waals surface area contributed by atoms with Crippen molar-refractivity contribution in [2.45, 2.75) is 32.4 Å². The molecule has 2 aromatic heterocycles. The summed E-state index contributed by atoms with van der Waals surface area (Å²) in [6, 6.07) is 5.06. The van der Waals surface area contributed by atoms with E-state index < -0.39 is 8.07 Å². The summed E-state index contributed by atoms with van der Waals surface area (Å²) in [4.78, 5) is 4.44. The lowest BCUT2D eigenvalue weighted by atomic mass is 10.4. The summed E-state index contributed by atoms with van der Waals surface area (Å²) in [7, 11) is 0.595. The van der Waals surface area contributed by atoms with E-state index in [-0.39, 0.29) is 0 Å². The number of methoxy groups -OCH3 is 1. The predicted molar refractivity (Wildman–Crippen MR) is 88.1 cm³/mol. The van der Waals surface area contributed by atoms with Crippen LogP contribution in [0.3, 0.4) is 0 Å². The van der Waals surface area contributed by atoms with Gasteiger partial charge in [-0.2, -0.15) is 0 Å². The quantitative estimate of drug-likeness (QED) is 0.576. The SMILES string of the molecule is COc1ccc2c(n1)c(Br)cn2COCC[Si](C)(C)C. The fraction of sp³-hybridized carbons (Fsp3) is 0.500. The Hall–Kier alpha value is -0.853. The van der Waals surface area contributed by atoms with Crippen molar-refractivity contribution in [3.63, 3.8) is 0 Å². The van der Waals surface area contributed by atoms with Gasteiger partial charge in [0.2, 0.25) is 5.88 Å². The third kappa shape index (κ3) is 3.83. The highest BCUT2D eigenvalue weighted by Crippen LogP contribution is 2.26. The lowest BCUT2D eigenvalue weighted by Crippen LogP contribution is -2.21. The van der Waals surface area contributed by atoms with E-state index in [1.807, 2.05) is 18.3 Å². The van der Waals surface area contributed by atoms with Gasteiger partial charge >= 0.3 is 0 Å². The third-order valence-corrected chi connectivity index (χ3v) is 5.37. The first-order chi connectivity index (χ1) is 9.40. The molecule has 0 aromatic carbocycles. The van der Waals surface area contributed by atoms with Gasteiger partial charge in [0.25, 0.3) is 0 Å². The number of nitrogens with zero attached hydrogens (tertiary/aromatic N) is 2. The van der Waals surface area contributed by atoms with Crippen molar-refractivity contribution in [2.75, 3.05) is 13.7 Å².